The predicted octanol–water partition coefficient (Wildman–Crippen LogP) is 2.76. The predicted molar refractivity (Wildman–Crippen MR) is 67.2 cm³/mol. The van der Waals surface area contributed by atoms with E-state index in [2.05, 4.69) is 25.9 Å². The number of halogens is 2. The molecule has 1 heterocycles. The molecule has 0 aliphatic carbocycles. The number of nitrogen functional groups attached to an aromatic ring is 1. The van der Waals surface area contributed by atoms with Crippen molar-refractivity contribution in [2.45, 2.75) is 0 Å². The van der Waals surface area contributed by atoms with E-state index in [1.165, 1.54) is 25.4 Å². The number of hydrogen-bond donors (Lipinski definition) is 1. The average molecular weight is 314 g/mol. The topological polar surface area (TPSA) is 70.3 Å². The van der Waals surface area contributed by atoms with Gasteiger partial charge in [0.05, 0.1) is 23.5 Å². The first kappa shape index (κ1) is 12.6. The fourth-order valence-corrected chi connectivity index (χ4v) is 1.58. The van der Waals surface area contributed by atoms with E-state index < -0.39 is 5.82 Å². The number of nitrogens with two attached hydrogens (primary N) is 1. The molecular formula is C11H9BrFN3O2. The van der Waals surface area contributed by atoms with Gasteiger partial charge in [-0.25, -0.2) is 9.37 Å². The second kappa shape index (κ2) is 5.18. The zero-order valence-corrected chi connectivity index (χ0v) is 10.9. The van der Waals surface area contributed by atoms with E-state index >= 15 is 0 Å². The molecule has 0 fully saturated rings. The molecule has 1 aromatic carbocycles. The molecule has 2 rings (SSSR count). The van der Waals surface area contributed by atoms with E-state index in [-0.39, 0.29) is 11.8 Å². The summed E-state index contributed by atoms with van der Waals surface area (Å²) in [6.07, 6.45) is 1.47. The third-order valence-corrected chi connectivity index (χ3v) is 2.60. The SMILES string of the molecule is COc1nc(Oc2cc(F)ccc2N)ncc1Br. The molecule has 0 saturated carbocycles. The summed E-state index contributed by atoms with van der Waals surface area (Å²) in [4.78, 5) is 7.89. The molecule has 0 amide bonds. The van der Waals surface area contributed by atoms with Gasteiger partial charge in [0, 0.05) is 6.07 Å². The largest absolute Gasteiger partial charge is 0.480 e. The normalized spacial score (nSPS) is 10.2. The molecule has 5 nitrogen and oxygen atoms in total. The quantitative estimate of drug-likeness (QED) is 0.882. The summed E-state index contributed by atoms with van der Waals surface area (Å²) in [6.45, 7) is 0. The third-order valence-electron chi connectivity index (χ3n) is 2.06. The summed E-state index contributed by atoms with van der Waals surface area (Å²) in [5.41, 5.74) is 5.94. The molecule has 0 radical (unpaired) electrons. The molecule has 1 aromatic heterocycles. The van der Waals surface area contributed by atoms with Crippen LogP contribution < -0.4 is 15.2 Å². The molecule has 94 valence electrons. The van der Waals surface area contributed by atoms with Crippen LogP contribution in [0.5, 0.6) is 17.6 Å². The highest BCUT2D eigenvalue weighted by Crippen LogP contribution is 2.28. The summed E-state index contributed by atoms with van der Waals surface area (Å²) >= 11 is 3.21. The first-order valence-electron chi connectivity index (χ1n) is 4.89. The number of hydrogen-bond acceptors (Lipinski definition) is 5. The maximum atomic E-state index is 13.1. The summed E-state index contributed by atoms with van der Waals surface area (Å²) < 4.78 is 23.9. The number of rotatable bonds is 3. The van der Waals surface area contributed by atoms with Crippen LogP contribution in [0.3, 0.4) is 0 Å². The molecule has 2 aromatic rings. The van der Waals surface area contributed by atoms with Crippen LogP contribution >= 0.6 is 15.9 Å². The van der Waals surface area contributed by atoms with E-state index in [1.54, 1.807) is 0 Å². The number of methoxy groups -OCH3 is 1. The monoisotopic (exact) mass is 313 g/mol. The van der Waals surface area contributed by atoms with E-state index in [9.17, 15) is 4.39 Å². The summed E-state index contributed by atoms with van der Waals surface area (Å²) in [7, 11) is 1.47. The maximum Gasteiger partial charge on any atom is 0.325 e. The smallest absolute Gasteiger partial charge is 0.325 e. The molecule has 0 atom stereocenters. The zero-order chi connectivity index (χ0) is 13.1. The van der Waals surface area contributed by atoms with Gasteiger partial charge in [0.1, 0.15) is 5.82 Å². The molecule has 0 aliphatic heterocycles. The summed E-state index contributed by atoms with van der Waals surface area (Å²) in [5.74, 6) is 0.0117. The van der Waals surface area contributed by atoms with Gasteiger partial charge in [0.25, 0.3) is 0 Å². The zero-order valence-electron chi connectivity index (χ0n) is 9.35. The van der Waals surface area contributed by atoms with Crippen molar-refractivity contribution in [1.82, 2.24) is 9.97 Å². The first-order chi connectivity index (χ1) is 8.60. The molecule has 0 bridgehead atoms. The van der Waals surface area contributed by atoms with Crippen molar-refractivity contribution in [2.75, 3.05) is 12.8 Å². The highest BCUT2D eigenvalue weighted by molar-refractivity contribution is 9.10. The minimum atomic E-state index is -0.455. The highest BCUT2D eigenvalue weighted by atomic mass is 79.9. The molecule has 18 heavy (non-hydrogen) atoms. The molecule has 0 aliphatic rings. The summed E-state index contributed by atoms with van der Waals surface area (Å²) in [6, 6.07) is 3.83. The minimum Gasteiger partial charge on any atom is -0.480 e. The fourth-order valence-electron chi connectivity index (χ4n) is 1.22. The Morgan fingerprint density at radius 2 is 2.17 bits per heavy atom. The van der Waals surface area contributed by atoms with Crippen molar-refractivity contribution in [2.24, 2.45) is 0 Å². The number of ether oxygens (including phenoxy) is 2. The van der Waals surface area contributed by atoms with Gasteiger partial charge in [-0.15, -0.1) is 0 Å². The van der Waals surface area contributed by atoms with Gasteiger partial charge in [-0.3, -0.25) is 0 Å². The van der Waals surface area contributed by atoms with Crippen LogP contribution in [0.15, 0.2) is 28.9 Å². The van der Waals surface area contributed by atoms with Crippen molar-refractivity contribution in [3.63, 3.8) is 0 Å². The highest BCUT2D eigenvalue weighted by Gasteiger charge is 2.09. The lowest BCUT2D eigenvalue weighted by Gasteiger charge is -2.08. The van der Waals surface area contributed by atoms with E-state index in [0.29, 0.717) is 16.0 Å². The van der Waals surface area contributed by atoms with E-state index in [1.807, 2.05) is 0 Å². The Bertz CT molecular complexity index is 580. The van der Waals surface area contributed by atoms with Crippen LogP contribution in [-0.4, -0.2) is 17.1 Å². The van der Waals surface area contributed by atoms with Crippen LogP contribution in [0.4, 0.5) is 10.1 Å². The van der Waals surface area contributed by atoms with Crippen molar-refractivity contribution in [1.29, 1.82) is 0 Å². The number of benzene rings is 1. The Morgan fingerprint density at radius 1 is 1.39 bits per heavy atom. The van der Waals surface area contributed by atoms with E-state index in [0.717, 1.165) is 6.07 Å². The molecule has 0 saturated heterocycles. The number of aromatic nitrogens is 2. The van der Waals surface area contributed by atoms with Gasteiger partial charge in [0.15, 0.2) is 5.75 Å². The van der Waals surface area contributed by atoms with Gasteiger partial charge >= 0.3 is 6.01 Å². The molecule has 2 N–H and O–H groups in total. The fraction of sp³-hybridized carbons (Fsp3) is 0.0909. The summed E-state index contributed by atoms with van der Waals surface area (Å²) in [5, 5.41) is 0. The standard InChI is InChI=1S/C11H9BrFN3O2/c1-17-10-7(12)5-15-11(16-10)18-9-4-6(13)2-3-8(9)14/h2-5H,14H2,1H3. The van der Waals surface area contributed by atoms with Crippen molar-refractivity contribution in [3.8, 4) is 17.6 Å². The average Bonchev–Trinajstić information content (AvgIpc) is 2.36. The molecule has 0 spiro atoms. The Kier molecular flexibility index (Phi) is 3.61. The first-order valence-corrected chi connectivity index (χ1v) is 5.69. The lowest BCUT2D eigenvalue weighted by Crippen LogP contribution is -1.98. The van der Waals surface area contributed by atoms with Gasteiger partial charge in [-0.05, 0) is 28.1 Å². The molecule has 0 unspecified atom stereocenters. The van der Waals surface area contributed by atoms with Crippen molar-refractivity contribution < 1.29 is 13.9 Å². The second-order valence-electron chi connectivity index (χ2n) is 3.29. The minimum absolute atomic E-state index is 0.0207. The third kappa shape index (κ3) is 2.67. The number of nitrogens with zero attached hydrogens (tertiary/aromatic N) is 2. The van der Waals surface area contributed by atoms with Gasteiger partial charge < -0.3 is 15.2 Å². The van der Waals surface area contributed by atoms with Gasteiger partial charge in [-0.2, -0.15) is 4.98 Å². The van der Waals surface area contributed by atoms with Crippen LogP contribution in [0, 0.1) is 5.82 Å². The molecular weight excluding hydrogens is 305 g/mol. The van der Waals surface area contributed by atoms with Crippen LogP contribution in [0.2, 0.25) is 0 Å². The van der Waals surface area contributed by atoms with Crippen molar-refractivity contribution >= 4 is 21.6 Å². The Labute approximate surface area is 111 Å². The Morgan fingerprint density at radius 3 is 2.89 bits per heavy atom. The van der Waals surface area contributed by atoms with E-state index in [4.69, 9.17) is 15.2 Å². The number of anilines is 1. The Hall–Kier alpha value is -1.89. The molecule has 7 heteroatoms. The van der Waals surface area contributed by atoms with Gasteiger partial charge in [0.2, 0.25) is 5.88 Å². The van der Waals surface area contributed by atoms with Gasteiger partial charge in [-0.1, -0.05) is 0 Å². The van der Waals surface area contributed by atoms with Crippen LogP contribution in [0.1, 0.15) is 0 Å². The van der Waals surface area contributed by atoms with Crippen molar-refractivity contribution in [3.05, 3.63) is 34.7 Å². The lowest BCUT2D eigenvalue weighted by molar-refractivity contribution is 0.373. The second-order valence-corrected chi connectivity index (χ2v) is 4.15. The van der Waals surface area contributed by atoms with Crippen LogP contribution in [-0.2, 0) is 0 Å². The maximum absolute atomic E-state index is 13.1. The lowest BCUT2D eigenvalue weighted by atomic mass is 10.3. The van der Waals surface area contributed by atoms with Crippen LogP contribution in [0.25, 0.3) is 0 Å². The Balaban J connectivity index is 2.31.